The molecule has 1 heterocycles. The number of aryl methyl sites for hydroxylation is 1. The molecule has 1 aliphatic heterocycles. The highest BCUT2D eigenvalue weighted by Gasteiger charge is 2.32. The lowest BCUT2D eigenvalue weighted by Crippen LogP contribution is -2.53. The van der Waals surface area contributed by atoms with Gasteiger partial charge in [-0.15, -0.1) is 0 Å². The molecule has 0 radical (unpaired) electrons. The van der Waals surface area contributed by atoms with Crippen molar-refractivity contribution in [1.29, 1.82) is 0 Å². The second-order valence-electron chi connectivity index (χ2n) is 9.11. The Labute approximate surface area is 212 Å². The zero-order valence-electron chi connectivity index (χ0n) is 20.8. The quantitative estimate of drug-likeness (QED) is 0.506. The Bertz CT molecular complexity index is 1180. The van der Waals surface area contributed by atoms with Crippen molar-refractivity contribution in [3.8, 4) is 11.5 Å². The minimum absolute atomic E-state index is 0.209. The molecule has 36 heavy (non-hydrogen) atoms. The SMILES string of the molecule is Cc1ccccc1Oc1cccc(CNC(=O)[C@H](O)[C@@H](C)C(=O)N2CCN(c3ccccc3)CC2)c1. The molecular weight excluding hydrogens is 454 g/mol. The summed E-state index contributed by atoms with van der Waals surface area (Å²) in [5.74, 6) is -0.173. The van der Waals surface area contributed by atoms with E-state index >= 15 is 0 Å². The average molecular weight is 488 g/mol. The molecule has 0 bridgehead atoms. The summed E-state index contributed by atoms with van der Waals surface area (Å²) in [6, 6.07) is 25.3. The number of nitrogens with one attached hydrogen (secondary N) is 1. The number of anilines is 1. The van der Waals surface area contributed by atoms with E-state index in [-0.39, 0.29) is 12.5 Å². The minimum atomic E-state index is -1.42. The van der Waals surface area contributed by atoms with Crippen LogP contribution in [0.4, 0.5) is 5.69 Å². The normalized spacial score (nSPS) is 15.2. The summed E-state index contributed by atoms with van der Waals surface area (Å²) in [6.07, 6.45) is -1.42. The van der Waals surface area contributed by atoms with Gasteiger partial charge in [-0.05, 0) is 48.4 Å². The van der Waals surface area contributed by atoms with Crippen molar-refractivity contribution in [3.63, 3.8) is 0 Å². The highest BCUT2D eigenvalue weighted by atomic mass is 16.5. The predicted octanol–water partition coefficient (Wildman–Crippen LogP) is 3.75. The Morgan fingerprint density at radius 1 is 0.944 bits per heavy atom. The third kappa shape index (κ3) is 6.23. The standard InChI is InChI=1S/C29H33N3O4/c1-21-9-6-7-14-26(21)36-25-13-8-10-23(19-25)20-30-28(34)27(33)22(2)29(35)32-17-15-31(16-18-32)24-11-4-3-5-12-24/h3-14,19,22,27,33H,15-18,20H2,1-2H3,(H,30,34)/t22-,27-/m1/s1. The third-order valence-electron chi connectivity index (χ3n) is 6.53. The van der Waals surface area contributed by atoms with Crippen LogP contribution in [-0.2, 0) is 16.1 Å². The molecule has 4 rings (SSSR count). The van der Waals surface area contributed by atoms with Crippen LogP contribution in [-0.4, -0.2) is 54.1 Å². The van der Waals surface area contributed by atoms with Crippen LogP contribution in [0.5, 0.6) is 11.5 Å². The van der Waals surface area contributed by atoms with Crippen molar-refractivity contribution in [2.24, 2.45) is 5.92 Å². The first kappa shape index (κ1) is 25.3. The molecular formula is C29H33N3O4. The zero-order valence-corrected chi connectivity index (χ0v) is 20.8. The average Bonchev–Trinajstić information content (AvgIpc) is 2.92. The highest BCUT2D eigenvalue weighted by Crippen LogP contribution is 2.25. The molecule has 7 nitrogen and oxygen atoms in total. The van der Waals surface area contributed by atoms with E-state index in [1.54, 1.807) is 11.8 Å². The molecule has 7 heteroatoms. The van der Waals surface area contributed by atoms with E-state index in [0.717, 1.165) is 22.6 Å². The lowest BCUT2D eigenvalue weighted by atomic mass is 10.0. The molecule has 188 valence electrons. The van der Waals surface area contributed by atoms with Gasteiger partial charge in [0.05, 0.1) is 5.92 Å². The molecule has 1 saturated heterocycles. The first-order chi connectivity index (χ1) is 17.4. The predicted molar refractivity (Wildman–Crippen MR) is 140 cm³/mol. The Hall–Kier alpha value is -3.84. The second-order valence-corrected chi connectivity index (χ2v) is 9.11. The summed E-state index contributed by atoms with van der Waals surface area (Å²) in [6.45, 7) is 6.34. The molecule has 0 saturated carbocycles. The van der Waals surface area contributed by atoms with Gasteiger partial charge < -0.3 is 25.0 Å². The van der Waals surface area contributed by atoms with Crippen molar-refractivity contribution in [2.75, 3.05) is 31.1 Å². The first-order valence-corrected chi connectivity index (χ1v) is 12.3. The van der Waals surface area contributed by atoms with Gasteiger partial charge in [-0.3, -0.25) is 9.59 Å². The topological polar surface area (TPSA) is 82.1 Å². The number of piperazine rings is 1. The molecule has 0 aromatic heterocycles. The molecule has 2 amide bonds. The maximum Gasteiger partial charge on any atom is 0.249 e. The number of nitrogens with zero attached hydrogens (tertiary/aromatic N) is 2. The summed E-state index contributed by atoms with van der Waals surface area (Å²) >= 11 is 0. The summed E-state index contributed by atoms with van der Waals surface area (Å²) < 4.78 is 5.96. The number of hydrogen-bond donors (Lipinski definition) is 2. The van der Waals surface area contributed by atoms with Crippen LogP contribution in [0.1, 0.15) is 18.1 Å². The van der Waals surface area contributed by atoms with Crippen LogP contribution in [0.15, 0.2) is 78.9 Å². The van der Waals surface area contributed by atoms with E-state index in [1.165, 1.54) is 0 Å². The van der Waals surface area contributed by atoms with Gasteiger partial charge in [0.2, 0.25) is 11.8 Å². The number of amides is 2. The molecule has 3 aromatic carbocycles. The largest absolute Gasteiger partial charge is 0.457 e. The summed E-state index contributed by atoms with van der Waals surface area (Å²) in [4.78, 5) is 29.5. The van der Waals surface area contributed by atoms with Crippen LogP contribution in [0.2, 0.25) is 0 Å². The van der Waals surface area contributed by atoms with Crippen molar-refractivity contribution in [1.82, 2.24) is 10.2 Å². The van der Waals surface area contributed by atoms with Crippen LogP contribution >= 0.6 is 0 Å². The number of hydrogen-bond acceptors (Lipinski definition) is 5. The third-order valence-corrected chi connectivity index (χ3v) is 6.53. The van der Waals surface area contributed by atoms with Gasteiger partial charge in [0.25, 0.3) is 0 Å². The first-order valence-electron chi connectivity index (χ1n) is 12.3. The van der Waals surface area contributed by atoms with Crippen molar-refractivity contribution in [3.05, 3.63) is 90.0 Å². The van der Waals surface area contributed by atoms with E-state index in [1.807, 2.05) is 73.7 Å². The van der Waals surface area contributed by atoms with Crippen molar-refractivity contribution < 1.29 is 19.4 Å². The number of ether oxygens (including phenoxy) is 1. The van der Waals surface area contributed by atoms with E-state index in [9.17, 15) is 14.7 Å². The second kappa shape index (κ2) is 11.7. The highest BCUT2D eigenvalue weighted by molar-refractivity contribution is 5.89. The monoisotopic (exact) mass is 487 g/mol. The maximum atomic E-state index is 13.0. The van der Waals surface area contributed by atoms with Gasteiger partial charge in [-0.25, -0.2) is 0 Å². The fourth-order valence-corrected chi connectivity index (χ4v) is 4.28. The molecule has 1 aliphatic rings. The van der Waals surface area contributed by atoms with Crippen LogP contribution in [0.3, 0.4) is 0 Å². The Balaban J connectivity index is 1.27. The van der Waals surface area contributed by atoms with Crippen LogP contribution < -0.4 is 15.0 Å². The summed E-state index contributed by atoms with van der Waals surface area (Å²) in [7, 11) is 0. The Morgan fingerprint density at radius 2 is 1.64 bits per heavy atom. The lowest BCUT2D eigenvalue weighted by molar-refractivity contribution is -0.145. The van der Waals surface area contributed by atoms with Gasteiger partial charge in [0.1, 0.15) is 17.6 Å². The van der Waals surface area contributed by atoms with Gasteiger partial charge >= 0.3 is 0 Å². The van der Waals surface area contributed by atoms with Gasteiger partial charge in [-0.1, -0.05) is 55.5 Å². The molecule has 1 fully saturated rings. The van der Waals surface area contributed by atoms with E-state index in [0.29, 0.717) is 31.9 Å². The summed E-state index contributed by atoms with van der Waals surface area (Å²) in [5, 5.41) is 13.3. The zero-order chi connectivity index (χ0) is 25.5. The van der Waals surface area contributed by atoms with Gasteiger partial charge in [0, 0.05) is 38.4 Å². The van der Waals surface area contributed by atoms with E-state index < -0.39 is 17.9 Å². The van der Waals surface area contributed by atoms with Crippen LogP contribution in [0, 0.1) is 12.8 Å². The van der Waals surface area contributed by atoms with E-state index in [2.05, 4.69) is 22.3 Å². The number of benzene rings is 3. The minimum Gasteiger partial charge on any atom is -0.457 e. The number of aliphatic hydroxyl groups excluding tert-OH is 1. The number of rotatable bonds is 8. The number of aliphatic hydroxyl groups is 1. The molecule has 3 aromatic rings. The molecule has 2 N–H and O–H groups in total. The van der Waals surface area contributed by atoms with Crippen molar-refractivity contribution >= 4 is 17.5 Å². The number of para-hydroxylation sites is 2. The maximum absolute atomic E-state index is 13.0. The Morgan fingerprint density at radius 3 is 2.36 bits per heavy atom. The molecule has 2 atom stereocenters. The molecule has 0 aliphatic carbocycles. The van der Waals surface area contributed by atoms with Gasteiger partial charge in [-0.2, -0.15) is 0 Å². The van der Waals surface area contributed by atoms with E-state index in [4.69, 9.17) is 4.74 Å². The fraction of sp³-hybridized carbons (Fsp3) is 0.310. The van der Waals surface area contributed by atoms with Crippen molar-refractivity contribution in [2.45, 2.75) is 26.5 Å². The number of carbonyl (C=O) groups is 2. The molecule has 0 spiro atoms. The molecule has 0 unspecified atom stereocenters. The fourth-order valence-electron chi connectivity index (χ4n) is 4.28. The van der Waals surface area contributed by atoms with Gasteiger partial charge in [0.15, 0.2) is 0 Å². The Kier molecular flexibility index (Phi) is 8.23. The summed E-state index contributed by atoms with van der Waals surface area (Å²) in [5.41, 5.74) is 2.99. The van der Waals surface area contributed by atoms with Crippen LogP contribution in [0.25, 0.3) is 0 Å². The lowest BCUT2D eigenvalue weighted by Gasteiger charge is -2.37. The number of carbonyl (C=O) groups excluding carboxylic acids is 2. The smallest absolute Gasteiger partial charge is 0.249 e.